The van der Waals surface area contributed by atoms with Crippen molar-refractivity contribution in [2.75, 3.05) is 0 Å². The maximum atomic E-state index is 9.55. The predicted molar refractivity (Wildman–Crippen MR) is 57.5 cm³/mol. The van der Waals surface area contributed by atoms with Gasteiger partial charge in [-0.3, -0.25) is 0 Å². The summed E-state index contributed by atoms with van der Waals surface area (Å²) < 4.78 is 0. The summed E-state index contributed by atoms with van der Waals surface area (Å²) in [7, 11) is 0. The van der Waals surface area contributed by atoms with Crippen molar-refractivity contribution in [2.45, 2.75) is 33.2 Å². The highest BCUT2D eigenvalue weighted by Gasteiger charge is 1.95. The van der Waals surface area contributed by atoms with Crippen LogP contribution in [-0.4, -0.2) is 28.2 Å². The molecule has 0 rings (SSSR count). The molecule has 0 saturated carbocycles. The fraction of sp³-hybridized carbons (Fsp3) is 0.600. The van der Waals surface area contributed by atoms with Crippen molar-refractivity contribution in [2.24, 2.45) is 11.7 Å². The molecule has 15 heavy (non-hydrogen) atoms. The lowest BCUT2D eigenvalue weighted by Crippen LogP contribution is -2.16. The number of carboxylic acids is 2. The van der Waals surface area contributed by atoms with Gasteiger partial charge in [-0.2, -0.15) is 0 Å². The van der Waals surface area contributed by atoms with Crippen LogP contribution in [0.4, 0.5) is 0 Å². The Bertz CT molecular complexity index is 199. The number of aliphatic carboxylic acids is 2. The maximum absolute atomic E-state index is 9.55. The fourth-order valence-corrected chi connectivity index (χ4v) is 0.886. The van der Waals surface area contributed by atoms with Crippen molar-refractivity contribution in [1.29, 1.82) is 0 Å². The first-order chi connectivity index (χ1) is 6.75. The average Bonchev–Trinajstić information content (AvgIpc) is 1.99. The van der Waals surface area contributed by atoms with Crippen molar-refractivity contribution in [3.05, 3.63) is 12.2 Å². The Kier molecular flexibility index (Phi) is 9.87. The molecule has 0 fully saturated rings. The molecule has 0 aromatic heterocycles. The van der Waals surface area contributed by atoms with Gasteiger partial charge in [0.2, 0.25) is 0 Å². The van der Waals surface area contributed by atoms with Crippen LogP contribution in [0.3, 0.4) is 0 Å². The largest absolute Gasteiger partial charge is 0.478 e. The van der Waals surface area contributed by atoms with E-state index in [-0.39, 0.29) is 0 Å². The third kappa shape index (κ3) is 24.5. The molecule has 5 heteroatoms. The molecule has 0 aliphatic rings. The summed E-state index contributed by atoms with van der Waals surface area (Å²) in [6.45, 7) is 6.41. The van der Waals surface area contributed by atoms with E-state index in [1.165, 1.54) is 0 Å². The van der Waals surface area contributed by atoms with E-state index in [1.807, 2.05) is 6.92 Å². The summed E-state index contributed by atoms with van der Waals surface area (Å²) in [4.78, 5) is 19.1. The van der Waals surface area contributed by atoms with Crippen LogP contribution in [0, 0.1) is 5.92 Å². The van der Waals surface area contributed by atoms with Gasteiger partial charge in [0.25, 0.3) is 0 Å². The Morgan fingerprint density at radius 3 is 1.53 bits per heavy atom. The molecule has 0 spiro atoms. The molecule has 4 N–H and O–H groups in total. The second kappa shape index (κ2) is 9.21. The van der Waals surface area contributed by atoms with Gasteiger partial charge in [0.15, 0.2) is 0 Å². The normalized spacial score (nSPS) is 12.1. The van der Waals surface area contributed by atoms with Gasteiger partial charge < -0.3 is 15.9 Å². The summed E-state index contributed by atoms with van der Waals surface area (Å²) in [5.41, 5.74) is 5.49. The number of carbonyl (C=O) groups is 2. The predicted octanol–water partition coefficient (Wildman–Crippen LogP) is 1.09. The van der Waals surface area contributed by atoms with Gasteiger partial charge >= 0.3 is 11.9 Å². The lowest BCUT2D eigenvalue weighted by atomic mass is 10.1. The molecular formula is C10H19NO4. The van der Waals surface area contributed by atoms with Crippen LogP contribution < -0.4 is 5.73 Å². The quantitative estimate of drug-likeness (QED) is 0.612. The van der Waals surface area contributed by atoms with Crippen LogP contribution in [0.15, 0.2) is 12.2 Å². The van der Waals surface area contributed by atoms with E-state index >= 15 is 0 Å². The first-order valence-electron chi connectivity index (χ1n) is 4.65. The lowest BCUT2D eigenvalue weighted by Gasteiger charge is -2.05. The first kappa shape index (κ1) is 16.1. The standard InChI is InChI=1S/C6H15N.C4H4O4/c1-5(2)4-6(3)7;5-3(6)1-2-4(7)8/h5-6H,4,7H2,1-3H3;1-2H,(H,5,6)(H,7,8)/b;2-1-. The molecule has 0 aliphatic heterocycles. The molecule has 0 amide bonds. The summed E-state index contributed by atoms with van der Waals surface area (Å²) in [5.74, 6) is -1.76. The molecule has 0 aromatic rings. The van der Waals surface area contributed by atoms with Gasteiger partial charge in [0.1, 0.15) is 0 Å². The Morgan fingerprint density at radius 1 is 1.13 bits per heavy atom. The number of rotatable bonds is 4. The molecule has 0 saturated heterocycles. The Morgan fingerprint density at radius 2 is 1.47 bits per heavy atom. The zero-order valence-electron chi connectivity index (χ0n) is 9.30. The van der Waals surface area contributed by atoms with E-state index in [9.17, 15) is 9.59 Å². The fourth-order valence-electron chi connectivity index (χ4n) is 0.886. The highest BCUT2D eigenvalue weighted by Crippen LogP contribution is 2.00. The zero-order chi connectivity index (χ0) is 12.4. The second-order valence-corrected chi connectivity index (χ2v) is 3.62. The minimum Gasteiger partial charge on any atom is -0.478 e. The highest BCUT2D eigenvalue weighted by molar-refractivity contribution is 5.89. The molecule has 88 valence electrons. The number of hydrogen-bond acceptors (Lipinski definition) is 3. The average molecular weight is 217 g/mol. The van der Waals surface area contributed by atoms with Gasteiger partial charge in [-0.05, 0) is 19.3 Å². The van der Waals surface area contributed by atoms with Crippen LogP contribution in [0.25, 0.3) is 0 Å². The molecule has 1 atom stereocenters. The summed E-state index contributed by atoms with van der Waals surface area (Å²) in [6, 6.07) is 0.375. The van der Waals surface area contributed by atoms with Crippen LogP contribution in [0.5, 0.6) is 0 Å². The molecule has 0 radical (unpaired) electrons. The number of carboxylic acid groups (broad SMARTS) is 2. The third-order valence-corrected chi connectivity index (χ3v) is 1.21. The van der Waals surface area contributed by atoms with Crippen molar-refractivity contribution >= 4 is 11.9 Å². The van der Waals surface area contributed by atoms with E-state index in [0.29, 0.717) is 18.2 Å². The van der Waals surface area contributed by atoms with Gasteiger partial charge in [-0.25, -0.2) is 9.59 Å². The highest BCUT2D eigenvalue weighted by atomic mass is 16.4. The van der Waals surface area contributed by atoms with Gasteiger partial charge in [-0.1, -0.05) is 13.8 Å². The van der Waals surface area contributed by atoms with E-state index in [2.05, 4.69) is 13.8 Å². The van der Waals surface area contributed by atoms with Crippen molar-refractivity contribution in [3.63, 3.8) is 0 Å². The number of nitrogens with two attached hydrogens (primary N) is 1. The topological polar surface area (TPSA) is 101 Å². The van der Waals surface area contributed by atoms with Gasteiger partial charge in [0, 0.05) is 18.2 Å². The van der Waals surface area contributed by atoms with Crippen molar-refractivity contribution < 1.29 is 19.8 Å². The molecular weight excluding hydrogens is 198 g/mol. The molecule has 0 aliphatic carbocycles. The maximum Gasteiger partial charge on any atom is 0.328 e. The monoisotopic (exact) mass is 217 g/mol. The van der Waals surface area contributed by atoms with E-state index < -0.39 is 11.9 Å². The third-order valence-electron chi connectivity index (χ3n) is 1.21. The first-order valence-corrected chi connectivity index (χ1v) is 4.65. The molecule has 0 heterocycles. The SMILES string of the molecule is CC(C)CC(C)N.O=C(O)/C=C\C(=O)O. The van der Waals surface area contributed by atoms with E-state index in [1.54, 1.807) is 0 Å². The summed E-state index contributed by atoms with van der Waals surface area (Å²) >= 11 is 0. The van der Waals surface area contributed by atoms with E-state index in [0.717, 1.165) is 12.3 Å². The molecule has 5 nitrogen and oxygen atoms in total. The van der Waals surface area contributed by atoms with E-state index in [4.69, 9.17) is 15.9 Å². The number of hydrogen-bond donors (Lipinski definition) is 3. The van der Waals surface area contributed by atoms with Crippen LogP contribution in [0.2, 0.25) is 0 Å². The Hall–Kier alpha value is -1.36. The minimum absolute atomic E-state index is 0.375. The second-order valence-electron chi connectivity index (χ2n) is 3.62. The van der Waals surface area contributed by atoms with Crippen LogP contribution in [0.1, 0.15) is 27.2 Å². The van der Waals surface area contributed by atoms with Crippen molar-refractivity contribution in [3.8, 4) is 0 Å². The smallest absolute Gasteiger partial charge is 0.328 e. The van der Waals surface area contributed by atoms with Crippen molar-refractivity contribution in [1.82, 2.24) is 0 Å². The summed E-state index contributed by atoms with van der Waals surface area (Å²) in [5, 5.41) is 15.6. The molecule has 0 bridgehead atoms. The van der Waals surface area contributed by atoms with Crippen LogP contribution >= 0.6 is 0 Å². The molecule has 1 unspecified atom stereocenters. The molecule has 0 aromatic carbocycles. The van der Waals surface area contributed by atoms with Gasteiger partial charge in [0.05, 0.1) is 0 Å². The van der Waals surface area contributed by atoms with Gasteiger partial charge in [-0.15, -0.1) is 0 Å². The zero-order valence-corrected chi connectivity index (χ0v) is 9.30. The summed E-state index contributed by atoms with van der Waals surface area (Å²) in [6.07, 6.45) is 2.25. The Balaban J connectivity index is 0. The van der Waals surface area contributed by atoms with Crippen LogP contribution in [-0.2, 0) is 9.59 Å². The lowest BCUT2D eigenvalue weighted by molar-refractivity contribution is -0.134. The Labute approximate surface area is 89.6 Å². The minimum atomic E-state index is -1.26.